The molecule has 92 valence electrons. The molecule has 1 N–H and O–H groups in total. The smallest absolute Gasteiger partial charge is 0.0992 e. The molecule has 2 nitrogen and oxygen atoms in total. The zero-order valence-electron chi connectivity index (χ0n) is 10.0. The Labute approximate surface area is 116 Å². The van der Waals surface area contributed by atoms with Gasteiger partial charge in [-0.15, -0.1) is 11.3 Å². The highest BCUT2D eigenvalue weighted by Crippen LogP contribution is 2.24. The van der Waals surface area contributed by atoms with Crippen LogP contribution in [0.4, 0.5) is 5.69 Å². The molecule has 0 aliphatic rings. The fourth-order valence-electron chi connectivity index (χ4n) is 1.62. The molecule has 1 aromatic carbocycles. The van der Waals surface area contributed by atoms with Gasteiger partial charge in [-0.1, -0.05) is 18.5 Å². The Bertz CT molecular complexity index is 584. The minimum atomic E-state index is 0.613. The van der Waals surface area contributed by atoms with Gasteiger partial charge < -0.3 is 5.32 Å². The number of hydrogen-bond donors (Lipinski definition) is 1. The molecule has 4 heteroatoms. The molecule has 1 aromatic heterocycles. The van der Waals surface area contributed by atoms with Gasteiger partial charge in [0.1, 0.15) is 0 Å². The summed E-state index contributed by atoms with van der Waals surface area (Å²) in [6.07, 6.45) is 1.06. The number of benzene rings is 1. The predicted molar refractivity (Wildman–Crippen MR) is 77.2 cm³/mol. The van der Waals surface area contributed by atoms with Gasteiger partial charge in [0.15, 0.2) is 0 Å². The second-order valence-corrected chi connectivity index (χ2v) is 5.54. The second kappa shape index (κ2) is 5.90. The Morgan fingerprint density at radius 2 is 2.06 bits per heavy atom. The maximum Gasteiger partial charge on any atom is 0.0992 e. The SMILES string of the molecule is CCc1ccc(CNc2cc(C#N)ccc2Cl)s1. The van der Waals surface area contributed by atoms with Crippen LogP contribution in [0, 0.1) is 11.3 Å². The average Bonchev–Trinajstić information content (AvgIpc) is 2.86. The number of nitriles is 1. The van der Waals surface area contributed by atoms with Gasteiger partial charge >= 0.3 is 0 Å². The molecule has 0 spiro atoms. The van der Waals surface area contributed by atoms with Crippen LogP contribution in [0.1, 0.15) is 22.2 Å². The Hall–Kier alpha value is -1.50. The molecular formula is C14H13ClN2S. The van der Waals surface area contributed by atoms with Gasteiger partial charge in [0, 0.05) is 16.3 Å². The van der Waals surface area contributed by atoms with Crippen molar-refractivity contribution in [2.75, 3.05) is 5.32 Å². The van der Waals surface area contributed by atoms with Crippen LogP contribution < -0.4 is 5.32 Å². The van der Waals surface area contributed by atoms with Crippen molar-refractivity contribution in [3.63, 3.8) is 0 Å². The molecule has 0 fully saturated rings. The number of rotatable bonds is 4. The molecule has 2 rings (SSSR count). The van der Waals surface area contributed by atoms with Crippen LogP contribution in [0.3, 0.4) is 0 Å². The zero-order valence-corrected chi connectivity index (χ0v) is 11.6. The minimum absolute atomic E-state index is 0.613. The third-order valence-corrected chi connectivity index (χ3v) is 4.17. The molecule has 0 unspecified atom stereocenters. The van der Waals surface area contributed by atoms with Gasteiger partial charge in [-0.05, 0) is 36.8 Å². The summed E-state index contributed by atoms with van der Waals surface area (Å²) in [5.74, 6) is 0. The number of thiophene rings is 1. The summed E-state index contributed by atoms with van der Waals surface area (Å²) in [5.41, 5.74) is 1.42. The Balaban J connectivity index is 2.08. The first kappa shape index (κ1) is 12.9. The second-order valence-electron chi connectivity index (χ2n) is 3.88. The normalized spacial score (nSPS) is 10.1. The standard InChI is InChI=1S/C14H13ClN2S/c1-2-11-4-5-12(18-11)9-17-14-7-10(8-16)3-6-13(14)15/h3-7,17H,2,9H2,1H3. The fourth-order valence-corrected chi connectivity index (χ4v) is 2.70. The fraction of sp³-hybridized carbons (Fsp3) is 0.214. The van der Waals surface area contributed by atoms with Gasteiger partial charge in [0.25, 0.3) is 0 Å². The van der Waals surface area contributed by atoms with Crippen molar-refractivity contribution < 1.29 is 0 Å². The number of hydrogen-bond acceptors (Lipinski definition) is 3. The molecule has 18 heavy (non-hydrogen) atoms. The largest absolute Gasteiger partial charge is 0.379 e. The molecule has 0 saturated carbocycles. The first-order chi connectivity index (χ1) is 8.72. The van der Waals surface area contributed by atoms with Gasteiger partial charge in [-0.2, -0.15) is 5.26 Å². The van der Waals surface area contributed by atoms with E-state index in [0.29, 0.717) is 10.6 Å². The number of aryl methyl sites for hydroxylation is 1. The first-order valence-electron chi connectivity index (χ1n) is 5.74. The minimum Gasteiger partial charge on any atom is -0.379 e. The van der Waals surface area contributed by atoms with Gasteiger partial charge in [0.2, 0.25) is 0 Å². The predicted octanol–water partition coefficient (Wildman–Crippen LogP) is 4.45. The van der Waals surface area contributed by atoms with Crippen molar-refractivity contribution >= 4 is 28.6 Å². The van der Waals surface area contributed by atoms with Crippen molar-refractivity contribution in [1.29, 1.82) is 5.26 Å². The molecule has 0 bridgehead atoms. The number of anilines is 1. The summed E-state index contributed by atoms with van der Waals surface area (Å²) in [5, 5.41) is 12.8. The van der Waals surface area contributed by atoms with Crippen LogP contribution in [-0.4, -0.2) is 0 Å². The van der Waals surface area contributed by atoms with Crippen LogP contribution in [0.15, 0.2) is 30.3 Å². The van der Waals surface area contributed by atoms with Crippen LogP contribution in [0.25, 0.3) is 0 Å². The van der Waals surface area contributed by atoms with Crippen molar-refractivity contribution in [3.05, 3.63) is 50.7 Å². The van der Waals surface area contributed by atoms with E-state index >= 15 is 0 Å². The monoisotopic (exact) mass is 276 g/mol. The number of nitrogens with one attached hydrogen (secondary N) is 1. The van der Waals surface area contributed by atoms with E-state index in [0.717, 1.165) is 18.7 Å². The molecule has 0 saturated heterocycles. The highest BCUT2D eigenvalue weighted by atomic mass is 35.5. The molecular weight excluding hydrogens is 264 g/mol. The average molecular weight is 277 g/mol. The third kappa shape index (κ3) is 3.04. The van der Waals surface area contributed by atoms with E-state index in [4.69, 9.17) is 16.9 Å². The zero-order chi connectivity index (χ0) is 13.0. The summed E-state index contributed by atoms with van der Waals surface area (Å²) >= 11 is 7.88. The first-order valence-corrected chi connectivity index (χ1v) is 6.93. The van der Waals surface area contributed by atoms with Crippen LogP contribution in [-0.2, 0) is 13.0 Å². The van der Waals surface area contributed by atoms with Gasteiger partial charge in [-0.25, -0.2) is 0 Å². The van der Waals surface area contributed by atoms with E-state index in [1.165, 1.54) is 9.75 Å². The summed E-state index contributed by atoms with van der Waals surface area (Å²) in [6.45, 7) is 2.88. The van der Waals surface area contributed by atoms with E-state index < -0.39 is 0 Å². The summed E-state index contributed by atoms with van der Waals surface area (Å²) in [7, 11) is 0. The molecule has 1 heterocycles. The number of halogens is 1. The maximum atomic E-state index is 8.85. The highest BCUT2D eigenvalue weighted by Gasteiger charge is 2.03. The third-order valence-electron chi connectivity index (χ3n) is 2.61. The molecule has 0 aliphatic carbocycles. The molecule has 0 amide bonds. The summed E-state index contributed by atoms with van der Waals surface area (Å²) in [6, 6.07) is 11.6. The van der Waals surface area contributed by atoms with E-state index in [9.17, 15) is 0 Å². The van der Waals surface area contributed by atoms with Gasteiger partial charge in [0.05, 0.1) is 22.3 Å². The summed E-state index contributed by atoms with van der Waals surface area (Å²) in [4.78, 5) is 2.65. The summed E-state index contributed by atoms with van der Waals surface area (Å²) < 4.78 is 0. The Kier molecular flexibility index (Phi) is 4.24. The lowest BCUT2D eigenvalue weighted by Crippen LogP contribution is -1.98. The Morgan fingerprint density at radius 3 is 2.72 bits per heavy atom. The maximum absolute atomic E-state index is 8.85. The van der Waals surface area contributed by atoms with E-state index in [-0.39, 0.29) is 0 Å². The Morgan fingerprint density at radius 1 is 1.28 bits per heavy atom. The lowest BCUT2D eigenvalue weighted by atomic mass is 10.2. The van der Waals surface area contributed by atoms with Crippen molar-refractivity contribution in [3.8, 4) is 6.07 Å². The van der Waals surface area contributed by atoms with Crippen molar-refractivity contribution in [2.24, 2.45) is 0 Å². The lowest BCUT2D eigenvalue weighted by molar-refractivity contribution is 1.19. The van der Waals surface area contributed by atoms with Crippen LogP contribution in [0.5, 0.6) is 0 Å². The van der Waals surface area contributed by atoms with E-state index in [2.05, 4.69) is 30.4 Å². The quantitative estimate of drug-likeness (QED) is 0.896. The lowest BCUT2D eigenvalue weighted by Gasteiger charge is -2.07. The highest BCUT2D eigenvalue weighted by molar-refractivity contribution is 7.12. The molecule has 0 radical (unpaired) electrons. The topological polar surface area (TPSA) is 35.8 Å². The van der Waals surface area contributed by atoms with Crippen molar-refractivity contribution in [2.45, 2.75) is 19.9 Å². The van der Waals surface area contributed by atoms with E-state index in [1.54, 1.807) is 29.5 Å². The molecule has 0 aliphatic heterocycles. The molecule has 2 aromatic rings. The van der Waals surface area contributed by atoms with E-state index in [1.807, 2.05) is 0 Å². The van der Waals surface area contributed by atoms with Crippen molar-refractivity contribution in [1.82, 2.24) is 0 Å². The number of nitrogens with zero attached hydrogens (tertiary/aromatic N) is 1. The van der Waals surface area contributed by atoms with Crippen LogP contribution in [0.2, 0.25) is 5.02 Å². The van der Waals surface area contributed by atoms with Gasteiger partial charge in [-0.3, -0.25) is 0 Å². The van der Waals surface area contributed by atoms with Crippen LogP contribution >= 0.6 is 22.9 Å². The molecule has 0 atom stereocenters.